The molecule has 8 nitrogen and oxygen atoms in total. The van der Waals surface area contributed by atoms with Gasteiger partial charge in [-0.2, -0.15) is 0 Å². The first-order chi connectivity index (χ1) is 15.4. The van der Waals surface area contributed by atoms with Gasteiger partial charge in [-0.15, -0.1) is 0 Å². The van der Waals surface area contributed by atoms with Gasteiger partial charge in [-0.1, -0.05) is 62.6 Å². The number of hydrogen-bond donors (Lipinski definition) is 5. The molecule has 1 unspecified atom stereocenters. The van der Waals surface area contributed by atoms with Gasteiger partial charge >= 0.3 is 11.9 Å². The maximum absolute atomic E-state index is 12.0. The van der Waals surface area contributed by atoms with Crippen LogP contribution in [0.2, 0.25) is 0 Å². The number of carbonyl (C=O) groups is 1. The molecule has 1 fully saturated rings. The zero-order valence-corrected chi connectivity index (χ0v) is 19.0. The summed E-state index contributed by atoms with van der Waals surface area (Å²) in [6.45, 7) is 1.39. The van der Waals surface area contributed by atoms with Gasteiger partial charge in [-0.25, -0.2) is 0 Å². The normalized spacial score (nSPS) is 28.8. The molecule has 0 amide bonds. The third-order valence-electron chi connectivity index (χ3n) is 5.22. The fraction of sp³-hybridized carbons (Fsp3) is 0.708. The largest absolute Gasteiger partial charge is 0.406 e. The van der Waals surface area contributed by atoms with Crippen molar-refractivity contribution in [3.05, 3.63) is 36.5 Å². The standard InChI is InChI=1S/C24H40O8/c1-2-3-4-5-6-7-8-9-10-11-12-13-14-15-16-17-20(26)32-24(30)23(29)22(28)21(27)19(18-25)31-24/h3-4,6-7,9-10,19,21-23,25,27-30H,2,5,8,11-18H2,1H3/b4-3-,7-6-,10-9-/t19-,21-,22+,23-,24?/m1/s1. The molecule has 5 N–H and O–H groups in total. The first kappa shape index (κ1) is 28.5. The summed E-state index contributed by atoms with van der Waals surface area (Å²) in [4.78, 5) is 12.0. The SMILES string of the molecule is CC/C=C\C/C=C\C/C=C\CCCCCCCC(=O)OC1(O)O[C@H](CO)[C@@H](O)[C@H](O)[C@H]1O. The predicted molar refractivity (Wildman–Crippen MR) is 120 cm³/mol. The molecule has 1 aliphatic rings. The number of carbonyl (C=O) groups excluding carboxylic acids is 1. The molecule has 1 heterocycles. The number of ether oxygens (including phenoxy) is 2. The maximum Gasteiger partial charge on any atom is 0.357 e. The minimum atomic E-state index is -2.81. The Morgan fingerprint density at radius 2 is 1.50 bits per heavy atom. The molecule has 1 rings (SSSR count). The molecule has 0 bridgehead atoms. The summed E-state index contributed by atoms with van der Waals surface area (Å²) >= 11 is 0. The van der Waals surface area contributed by atoms with Crippen LogP contribution in [-0.4, -0.2) is 68.5 Å². The highest BCUT2D eigenvalue weighted by Crippen LogP contribution is 2.29. The summed E-state index contributed by atoms with van der Waals surface area (Å²) in [5, 5.41) is 48.7. The Hall–Kier alpha value is -1.55. The fourth-order valence-electron chi connectivity index (χ4n) is 3.31. The van der Waals surface area contributed by atoms with Gasteiger partial charge in [0.05, 0.1) is 6.61 Å². The van der Waals surface area contributed by atoms with E-state index in [9.17, 15) is 25.2 Å². The van der Waals surface area contributed by atoms with Gasteiger partial charge in [0.1, 0.15) is 18.3 Å². The van der Waals surface area contributed by atoms with Crippen LogP contribution in [0, 0.1) is 0 Å². The monoisotopic (exact) mass is 456 g/mol. The van der Waals surface area contributed by atoms with Gasteiger partial charge < -0.3 is 35.0 Å². The quantitative estimate of drug-likeness (QED) is 0.110. The molecule has 0 aromatic heterocycles. The molecule has 184 valence electrons. The van der Waals surface area contributed by atoms with E-state index >= 15 is 0 Å². The van der Waals surface area contributed by atoms with Gasteiger partial charge in [-0.3, -0.25) is 4.79 Å². The average molecular weight is 457 g/mol. The first-order valence-corrected chi connectivity index (χ1v) is 11.6. The van der Waals surface area contributed by atoms with Crippen molar-refractivity contribution in [3.63, 3.8) is 0 Å². The molecule has 0 aromatic carbocycles. The van der Waals surface area contributed by atoms with E-state index in [2.05, 4.69) is 43.4 Å². The molecular weight excluding hydrogens is 416 g/mol. The first-order valence-electron chi connectivity index (χ1n) is 11.6. The highest BCUT2D eigenvalue weighted by Gasteiger charge is 2.55. The maximum atomic E-state index is 12.0. The summed E-state index contributed by atoms with van der Waals surface area (Å²) in [6, 6.07) is 0. The number of allylic oxidation sites excluding steroid dienone is 6. The Morgan fingerprint density at radius 3 is 2.16 bits per heavy atom. The van der Waals surface area contributed by atoms with Crippen molar-refractivity contribution in [2.24, 2.45) is 0 Å². The van der Waals surface area contributed by atoms with E-state index in [0.29, 0.717) is 6.42 Å². The van der Waals surface area contributed by atoms with Gasteiger partial charge in [-0.05, 0) is 38.5 Å². The van der Waals surface area contributed by atoms with E-state index in [4.69, 9.17) is 14.6 Å². The summed E-state index contributed by atoms with van der Waals surface area (Å²) < 4.78 is 9.71. The highest BCUT2D eigenvalue weighted by molar-refractivity contribution is 5.69. The minimum absolute atomic E-state index is 0.0144. The molecule has 5 atom stereocenters. The number of aliphatic hydroxyl groups excluding tert-OH is 4. The Bertz CT molecular complexity index is 601. The van der Waals surface area contributed by atoms with Crippen LogP contribution in [-0.2, 0) is 14.3 Å². The average Bonchev–Trinajstić information content (AvgIpc) is 2.77. The lowest BCUT2D eigenvalue weighted by molar-refractivity contribution is -0.434. The van der Waals surface area contributed by atoms with Gasteiger partial charge in [0.15, 0.2) is 6.10 Å². The second kappa shape index (κ2) is 16.1. The molecule has 0 radical (unpaired) electrons. The van der Waals surface area contributed by atoms with Crippen molar-refractivity contribution in [2.75, 3.05) is 6.61 Å². The number of rotatable bonds is 15. The van der Waals surface area contributed by atoms with Gasteiger partial charge in [0, 0.05) is 6.42 Å². The van der Waals surface area contributed by atoms with Crippen LogP contribution in [0.3, 0.4) is 0 Å². The van der Waals surface area contributed by atoms with Crippen molar-refractivity contribution in [2.45, 2.75) is 102 Å². The van der Waals surface area contributed by atoms with E-state index in [-0.39, 0.29) is 6.42 Å². The molecule has 32 heavy (non-hydrogen) atoms. The third-order valence-corrected chi connectivity index (χ3v) is 5.22. The van der Waals surface area contributed by atoms with Crippen molar-refractivity contribution >= 4 is 5.97 Å². The lowest BCUT2D eigenvalue weighted by Gasteiger charge is -2.43. The van der Waals surface area contributed by atoms with Crippen LogP contribution in [0.4, 0.5) is 0 Å². The molecule has 0 aliphatic carbocycles. The van der Waals surface area contributed by atoms with Crippen LogP contribution in [0.1, 0.15) is 71.1 Å². The number of unbranched alkanes of at least 4 members (excludes halogenated alkanes) is 5. The van der Waals surface area contributed by atoms with Crippen LogP contribution in [0.5, 0.6) is 0 Å². The summed E-state index contributed by atoms with van der Waals surface area (Å²) in [5.41, 5.74) is 0. The highest BCUT2D eigenvalue weighted by atomic mass is 16.8. The minimum Gasteiger partial charge on any atom is -0.406 e. The summed E-state index contributed by atoms with van der Waals surface area (Å²) in [7, 11) is 0. The van der Waals surface area contributed by atoms with Crippen molar-refractivity contribution in [1.29, 1.82) is 0 Å². The predicted octanol–water partition coefficient (Wildman–Crippen LogP) is 2.24. The fourth-order valence-corrected chi connectivity index (χ4v) is 3.31. The Labute approximate surface area is 190 Å². The Morgan fingerprint density at radius 1 is 0.906 bits per heavy atom. The van der Waals surface area contributed by atoms with Crippen molar-refractivity contribution in [3.8, 4) is 0 Å². The molecule has 1 saturated heterocycles. The second-order valence-electron chi connectivity index (χ2n) is 7.97. The molecule has 8 heteroatoms. The van der Waals surface area contributed by atoms with E-state index in [1.807, 2.05) is 0 Å². The smallest absolute Gasteiger partial charge is 0.357 e. The van der Waals surface area contributed by atoms with Crippen molar-refractivity contribution < 1.29 is 39.8 Å². The number of hydrogen-bond acceptors (Lipinski definition) is 8. The summed E-state index contributed by atoms with van der Waals surface area (Å²) in [5.74, 6) is -3.61. The van der Waals surface area contributed by atoms with Crippen molar-refractivity contribution in [1.82, 2.24) is 0 Å². The third kappa shape index (κ3) is 10.4. The number of esters is 1. The lowest BCUT2D eigenvalue weighted by atomic mass is 9.98. The molecular formula is C24H40O8. The lowest BCUT2D eigenvalue weighted by Crippen LogP contribution is -2.66. The zero-order valence-electron chi connectivity index (χ0n) is 19.0. The second-order valence-corrected chi connectivity index (χ2v) is 7.97. The zero-order chi connectivity index (χ0) is 23.8. The van der Waals surface area contributed by atoms with Crippen LogP contribution in [0.15, 0.2) is 36.5 Å². The molecule has 0 saturated carbocycles. The van der Waals surface area contributed by atoms with Gasteiger partial charge in [0.2, 0.25) is 0 Å². The Kier molecular flexibility index (Phi) is 14.4. The molecule has 0 spiro atoms. The van der Waals surface area contributed by atoms with E-state index in [1.54, 1.807) is 0 Å². The van der Waals surface area contributed by atoms with Crippen LogP contribution in [0.25, 0.3) is 0 Å². The van der Waals surface area contributed by atoms with Crippen LogP contribution >= 0.6 is 0 Å². The number of aliphatic hydroxyl groups is 5. The van der Waals surface area contributed by atoms with E-state index in [1.165, 1.54) is 0 Å². The molecule has 0 aromatic rings. The topological polar surface area (TPSA) is 137 Å². The van der Waals surface area contributed by atoms with E-state index in [0.717, 1.165) is 51.4 Å². The summed E-state index contributed by atoms with van der Waals surface area (Å²) in [6.07, 6.45) is 14.6. The van der Waals surface area contributed by atoms with Gasteiger partial charge in [0.25, 0.3) is 0 Å². The van der Waals surface area contributed by atoms with E-state index < -0.39 is 43.0 Å². The Balaban J connectivity index is 2.12. The molecule has 1 aliphatic heterocycles. The van der Waals surface area contributed by atoms with Crippen LogP contribution < -0.4 is 0 Å².